The second kappa shape index (κ2) is 9.29. The molecular formula is C13H20N2O4. The number of aromatic nitrogens is 1. The Morgan fingerprint density at radius 1 is 1.47 bits per heavy atom. The molecule has 0 aliphatic carbocycles. The summed E-state index contributed by atoms with van der Waals surface area (Å²) in [5.74, 6) is 0.263. The van der Waals surface area contributed by atoms with Gasteiger partial charge in [0.2, 0.25) is 5.88 Å². The zero-order chi connectivity index (χ0) is 13.9. The number of rotatable bonds is 9. The molecule has 0 saturated carbocycles. The van der Waals surface area contributed by atoms with E-state index in [4.69, 9.17) is 14.2 Å². The van der Waals surface area contributed by atoms with Crippen molar-refractivity contribution in [2.75, 3.05) is 33.5 Å². The van der Waals surface area contributed by atoms with Gasteiger partial charge >= 0.3 is 5.97 Å². The maximum absolute atomic E-state index is 11.0. The normalized spacial score (nSPS) is 10.2. The van der Waals surface area contributed by atoms with E-state index in [2.05, 4.69) is 10.3 Å². The van der Waals surface area contributed by atoms with Crippen LogP contribution < -0.4 is 10.1 Å². The van der Waals surface area contributed by atoms with Crippen molar-refractivity contribution in [3.63, 3.8) is 0 Å². The van der Waals surface area contributed by atoms with E-state index in [1.807, 2.05) is 12.1 Å². The Morgan fingerprint density at radius 3 is 3.05 bits per heavy atom. The third-order valence-corrected chi connectivity index (χ3v) is 2.29. The average Bonchev–Trinajstić information content (AvgIpc) is 2.43. The van der Waals surface area contributed by atoms with E-state index in [-0.39, 0.29) is 12.6 Å². The minimum absolute atomic E-state index is 0.00139. The fourth-order valence-corrected chi connectivity index (χ4v) is 1.41. The van der Waals surface area contributed by atoms with Crippen LogP contribution in [0.15, 0.2) is 18.3 Å². The smallest absolute Gasteiger partial charge is 0.332 e. The van der Waals surface area contributed by atoms with E-state index in [0.717, 1.165) is 5.56 Å². The van der Waals surface area contributed by atoms with Crippen molar-refractivity contribution in [2.45, 2.75) is 13.5 Å². The first-order valence-corrected chi connectivity index (χ1v) is 6.19. The number of hydrogen-bond acceptors (Lipinski definition) is 6. The topological polar surface area (TPSA) is 69.7 Å². The zero-order valence-electron chi connectivity index (χ0n) is 11.3. The van der Waals surface area contributed by atoms with Gasteiger partial charge in [0, 0.05) is 25.4 Å². The third-order valence-electron chi connectivity index (χ3n) is 2.29. The molecule has 19 heavy (non-hydrogen) atoms. The number of carbonyl (C=O) groups excluding carboxylic acids is 1. The molecule has 0 unspecified atom stereocenters. The molecular weight excluding hydrogens is 248 g/mol. The van der Waals surface area contributed by atoms with Crippen molar-refractivity contribution in [1.29, 1.82) is 0 Å². The van der Waals surface area contributed by atoms with Gasteiger partial charge in [-0.1, -0.05) is 0 Å². The molecule has 1 aromatic heterocycles. The number of nitrogens with zero attached hydrogens (tertiary/aromatic N) is 1. The Kier molecular flexibility index (Phi) is 7.53. The summed E-state index contributed by atoms with van der Waals surface area (Å²) in [4.78, 5) is 15.0. The van der Waals surface area contributed by atoms with Crippen LogP contribution in [-0.4, -0.2) is 44.4 Å². The summed E-state index contributed by atoms with van der Waals surface area (Å²) in [5, 5.41) is 3.20. The van der Waals surface area contributed by atoms with Crippen LogP contribution in [0, 0.1) is 0 Å². The number of hydrogen-bond donors (Lipinski definition) is 1. The van der Waals surface area contributed by atoms with Crippen molar-refractivity contribution >= 4 is 5.97 Å². The van der Waals surface area contributed by atoms with Gasteiger partial charge in [-0.3, -0.25) is 0 Å². The van der Waals surface area contributed by atoms with Crippen molar-refractivity contribution in [3.05, 3.63) is 23.9 Å². The largest absolute Gasteiger partial charge is 0.481 e. The summed E-state index contributed by atoms with van der Waals surface area (Å²) < 4.78 is 14.9. The molecule has 1 heterocycles. The first-order valence-electron chi connectivity index (χ1n) is 6.19. The number of nitrogens with one attached hydrogen (secondary N) is 1. The predicted molar refractivity (Wildman–Crippen MR) is 69.9 cm³/mol. The van der Waals surface area contributed by atoms with Crippen molar-refractivity contribution in [1.82, 2.24) is 10.3 Å². The van der Waals surface area contributed by atoms with Gasteiger partial charge in [0.15, 0.2) is 0 Å². The second-order valence-electron chi connectivity index (χ2n) is 3.74. The van der Waals surface area contributed by atoms with Gasteiger partial charge in [-0.2, -0.15) is 0 Å². The Balaban J connectivity index is 2.08. The summed E-state index contributed by atoms with van der Waals surface area (Å²) in [6.07, 6.45) is 1.70. The minimum atomic E-state index is -0.332. The van der Waals surface area contributed by atoms with Crippen LogP contribution in [0.2, 0.25) is 0 Å². The van der Waals surface area contributed by atoms with Gasteiger partial charge in [-0.05, 0) is 18.6 Å². The monoisotopic (exact) mass is 268 g/mol. The Bertz CT molecular complexity index is 385. The fourth-order valence-electron chi connectivity index (χ4n) is 1.41. The number of pyridine rings is 1. The molecule has 1 rings (SSSR count). The van der Waals surface area contributed by atoms with Gasteiger partial charge in [0.1, 0.15) is 6.61 Å². The SMILES string of the molecule is CCOC(=O)COCCNCc1ccnc(OC)c1. The van der Waals surface area contributed by atoms with E-state index in [9.17, 15) is 4.79 Å². The van der Waals surface area contributed by atoms with Crippen molar-refractivity contribution < 1.29 is 19.0 Å². The van der Waals surface area contributed by atoms with Gasteiger partial charge in [-0.15, -0.1) is 0 Å². The van der Waals surface area contributed by atoms with E-state index in [1.165, 1.54) is 0 Å². The molecule has 6 heteroatoms. The summed E-state index contributed by atoms with van der Waals surface area (Å²) >= 11 is 0. The van der Waals surface area contributed by atoms with Crippen LogP contribution >= 0.6 is 0 Å². The van der Waals surface area contributed by atoms with E-state index in [1.54, 1.807) is 20.2 Å². The van der Waals surface area contributed by atoms with Crippen LogP contribution in [-0.2, 0) is 20.8 Å². The molecule has 0 aliphatic rings. The Labute approximate surface area is 113 Å². The van der Waals surface area contributed by atoms with Gasteiger partial charge < -0.3 is 19.5 Å². The van der Waals surface area contributed by atoms with Gasteiger partial charge in [0.25, 0.3) is 0 Å². The van der Waals surface area contributed by atoms with Crippen LogP contribution in [0.1, 0.15) is 12.5 Å². The molecule has 0 radical (unpaired) electrons. The molecule has 0 fully saturated rings. The molecule has 0 aromatic carbocycles. The van der Waals surface area contributed by atoms with Crippen LogP contribution in [0.3, 0.4) is 0 Å². The van der Waals surface area contributed by atoms with Crippen LogP contribution in [0.4, 0.5) is 0 Å². The van der Waals surface area contributed by atoms with Crippen LogP contribution in [0.5, 0.6) is 5.88 Å². The molecule has 0 atom stereocenters. The maximum atomic E-state index is 11.0. The lowest BCUT2D eigenvalue weighted by molar-refractivity contribution is -0.148. The fraction of sp³-hybridized carbons (Fsp3) is 0.538. The average molecular weight is 268 g/mol. The number of methoxy groups -OCH3 is 1. The van der Waals surface area contributed by atoms with Gasteiger partial charge in [0.05, 0.1) is 20.3 Å². The number of carbonyl (C=O) groups is 1. The third kappa shape index (κ3) is 6.73. The molecule has 0 spiro atoms. The molecule has 0 saturated heterocycles. The van der Waals surface area contributed by atoms with Crippen molar-refractivity contribution in [2.24, 2.45) is 0 Å². The van der Waals surface area contributed by atoms with Gasteiger partial charge in [-0.25, -0.2) is 9.78 Å². The lowest BCUT2D eigenvalue weighted by Gasteiger charge is -2.07. The molecule has 6 nitrogen and oxygen atoms in total. The Hall–Kier alpha value is -1.66. The minimum Gasteiger partial charge on any atom is -0.481 e. The number of esters is 1. The lowest BCUT2D eigenvalue weighted by Crippen LogP contribution is -2.21. The summed E-state index contributed by atoms with van der Waals surface area (Å²) in [5.41, 5.74) is 1.08. The molecule has 0 amide bonds. The highest BCUT2D eigenvalue weighted by atomic mass is 16.6. The highest BCUT2D eigenvalue weighted by Gasteiger charge is 2.00. The molecule has 1 N–H and O–H groups in total. The highest BCUT2D eigenvalue weighted by molar-refractivity contribution is 5.70. The van der Waals surface area contributed by atoms with Crippen LogP contribution in [0.25, 0.3) is 0 Å². The van der Waals surface area contributed by atoms with Crippen molar-refractivity contribution in [3.8, 4) is 5.88 Å². The Morgan fingerprint density at radius 2 is 2.32 bits per heavy atom. The number of ether oxygens (including phenoxy) is 3. The van der Waals surface area contributed by atoms with E-state index >= 15 is 0 Å². The molecule has 1 aromatic rings. The quantitative estimate of drug-likeness (QED) is 0.527. The standard InChI is InChI=1S/C13H20N2O4/c1-3-19-13(16)10-18-7-6-14-9-11-4-5-15-12(8-11)17-2/h4-5,8,14H,3,6-7,9-10H2,1-2H3. The first-order chi connectivity index (χ1) is 9.26. The second-order valence-corrected chi connectivity index (χ2v) is 3.74. The lowest BCUT2D eigenvalue weighted by atomic mass is 10.2. The highest BCUT2D eigenvalue weighted by Crippen LogP contribution is 2.07. The van der Waals surface area contributed by atoms with E-state index < -0.39 is 0 Å². The summed E-state index contributed by atoms with van der Waals surface area (Å²) in [6.45, 7) is 3.96. The van der Waals surface area contributed by atoms with E-state index in [0.29, 0.717) is 32.2 Å². The first kappa shape index (κ1) is 15.4. The molecule has 106 valence electrons. The molecule has 0 bridgehead atoms. The predicted octanol–water partition coefficient (Wildman–Crippen LogP) is 0.759. The summed E-state index contributed by atoms with van der Waals surface area (Å²) in [6, 6.07) is 3.78. The summed E-state index contributed by atoms with van der Waals surface area (Å²) in [7, 11) is 1.59. The zero-order valence-corrected chi connectivity index (χ0v) is 11.3. The maximum Gasteiger partial charge on any atom is 0.332 e. The molecule has 0 aliphatic heterocycles.